The fourth-order valence-electron chi connectivity index (χ4n) is 4.64. The highest BCUT2D eigenvalue weighted by Crippen LogP contribution is 2.11. The van der Waals surface area contributed by atoms with Gasteiger partial charge in [0.15, 0.2) is 16.6 Å². The van der Waals surface area contributed by atoms with Gasteiger partial charge in [0.05, 0.1) is 0 Å². The Morgan fingerprint density at radius 2 is 0.944 bits per heavy atom. The minimum atomic E-state index is -1.60. The second kappa shape index (κ2) is 15.3. The van der Waals surface area contributed by atoms with Crippen LogP contribution in [-0.2, 0) is 8.85 Å². The molecule has 0 aromatic heterocycles. The number of hydrogen-bond acceptors (Lipinski definition) is 6. The molecule has 4 amide bonds. The Balaban J connectivity index is 1.45. The maximum atomic E-state index is 12.4. The van der Waals surface area contributed by atoms with Crippen molar-refractivity contribution in [2.45, 2.75) is 51.9 Å². The van der Waals surface area contributed by atoms with E-state index < -0.39 is 16.6 Å². The first-order valence-corrected chi connectivity index (χ1v) is 19.9. The van der Waals surface area contributed by atoms with Crippen molar-refractivity contribution in [2.75, 3.05) is 92.0 Å². The highest BCUT2D eigenvalue weighted by molar-refractivity contribution is 6.71. The molecular formula is C24H52N6O4Si2. The van der Waals surface area contributed by atoms with Crippen LogP contribution in [0.1, 0.15) is 25.7 Å². The van der Waals surface area contributed by atoms with Gasteiger partial charge in [-0.3, -0.25) is 0 Å². The summed E-state index contributed by atoms with van der Waals surface area (Å²) in [6, 6.07) is 0.108. The van der Waals surface area contributed by atoms with Crippen molar-refractivity contribution in [3.05, 3.63) is 0 Å². The first-order valence-electron chi connectivity index (χ1n) is 13.7. The minimum absolute atomic E-state index is 0.0541. The van der Waals surface area contributed by atoms with Crippen LogP contribution in [0.4, 0.5) is 9.59 Å². The van der Waals surface area contributed by atoms with Crippen molar-refractivity contribution in [2.24, 2.45) is 0 Å². The molecule has 2 rings (SSSR count). The lowest BCUT2D eigenvalue weighted by molar-refractivity contribution is 0.145. The number of unbranched alkanes of at least 4 members (excludes halogenated alkanes) is 3. The molecule has 12 heteroatoms. The second-order valence-electron chi connectivity index (χ2n) is 11.3. The molecule has 0 unspecified atom stereocenters. The maximum Gasteiger partial charge on any atom is 0.317 e. The average Bonchev–Trinajstić information content (AvgIpc) is 2.85. The molecule has 2 N–H and O–H groups in total. The monoisotopic (exact) mass is 544 g/mol. The van der Waals surface area contributed by atoms with Gasteiger partial charge in [0.2, 0.25) is 0 Å². The van der Waals surface area contributed by atoms with E-state index in [1.165, 1.54) is 0 Å². The molecule has 0 spiro atoms. The third-order valence-corrected chi connectivity index (χ3v) is 11.9. The number of nitrogens with one attached hydrogen (secondary N) is 2. The molecule has 210 valence electrons. The van der Waals surface area contributed by atoms with Crippen LogP contribution in [0.5, 0.6) is 0 Å². The van der Waals surface area contributed by atoms with E-state index in [9.17, 15) is 9.59 Å². The summed E-state index contributed by atoms with van der Waals surface area (Å²) in [7, 11) is 0.407. The van der Waals surface area contributed by atoms with Crippen LogP contribution in [0.2, 0.25) is 26.2 Å². The Morgan fingerprint density at radius 3 is 1.25 bits per heavy atom. The van der Waals surface area contributed by atoms with Crippen molar-refractivity contribution < 1.29 is 18.4 Å². The molecule has 0 saturated carbocycles. The van der Waals surface area contributed by atoms with Gasteiger partial charge in [0.1, 0.15) is 0 Å². The van der Waals surface area contributed by atoms with Gasteiger partial charge >= 0.3 is 12.1 Å². The van der Waals surface area contributed by atoms with E-state index in [1.54, 1.807) is 14.2 Å². The summed E-state index contributed by atoms with van der Waals surface area (Å²) in [6.45, 7) is 17.1. The summed E-state index contributed by atoms with van der Waals surface area (Å²) in [5, 5.41) is 6.13. The topological polar surface area (TPSA) is 89.6 Å². The molecule has 2 aliphatic heterocycles. The number of urea groups is 2. The molecule has 0 bridgehead atoms. The van der Waals surface area contributed by atoms with E-state index >= 15 is 0 Å². The molecule has 2 heterocycles. The standard InChI is InChI=1S/C24H52N6O4Si2/c1-33-35(3,4)21-27-13-17-29(18-14-27)23(31)25-11-9-7-8-10-12-26-24(32)30-19-15-28(16-20-30)22-36(5,6)34-2/h7-22H2,1-6H3,(H,25,31)(H,26,32). The summed E-state index contributed by atoms with van der Waals surface area (Å²) in [6.07, 6.45) is 6.08. The van der Waals surface area contributed by atoms with Crippen LogP contribution >= 0.6 is 0 Å². The normalized spacial score (nSPS) is 18.4. The summed E-state index contributed by atoms with van der Waals surface area (Å²) in [4.78, 5) is 33.6. The smallest absolute Gasteiger partial charge is 0.317 e. The van der Waals surface area contributed by atoms with Crippen molar-refractivity contribution in [1.82, 2.24) is 30.2 Å². The van der Waals surface area contributed by atoms with Gasteiger partial charge in [-0.15, -0.1) is 0 Å². The predicted molar refractivity (Wildman–Crippen MR) is 150 cm³/mol. The van der Waals surface area contributed by atoms with Gasteiger partial charge in [0.25, 0.3) is 0 Å². The van der Waals surface area contributed by atoms with Gasteiger partial charge in [-0.25, -0.2) is 9.59 Å². The largest absolute Gasteiger partial charge is 0.419 e. The number of carbonyl (C=O) groups excluding carboxylic acids is 2. The van der Waals surface area contributed by atoms with Gasteiger partial charge < -0.3 is 39.1 Å². The van der Waals surface area contributed by atoms with Crippen molar-refractivity contribution >= 4 is 28.7 Å². The van der Waals surface area contributed by atoms with Crippen LogP contribution in [0.3, 0.4) is 0 Å². The fraction of sp³-hybridized carbons (Fsp3) is 0.917. The highest BCUT2D eigenvalue weighted by Gasteiger charge is 2.29. The van der Waals surface area contributed by atoms with Crippen LogP contribution in [0.25, 0.3) is 0 Å². The van der Waals surface area contributed by atoms with Crippen molar-refractivity contribution in [1.29, 1.82) is 0 Å². The van der Waals surface area contributed by atoms with Crippen molar-refractivity contribution in [3.8, 4) is 0 Å². The van der Waals surface area contributed by atoms with Crippen LogP contribution < -0.4 is 10.6 Å². The zero-order valence-corrected chi connectivity index (χ0v) is 25.7. The quantitative estimate of drug-likeness (QED) is 0.272. The third-order valence-electron chi connectivity index (χ3n) is 7.29. The van der Waals surface area contributed by atoms with Gasteiger partial charge in [-0.2, -0.15) is 0 Å². The summed E-state index contributed by atoms with van der Waals surface area (Å²) >= 11 is 0. The van der Waals surface area contributed by atoms with Crippen LogP contribution in [0.15, 0.2) is 0 Å². The van der Waals surface area contributed by atoms with Gasteiger partial charge in [-0.1, -0.05) is 12.8 Å². The predicted octanol–water partition coefficient (Wildman–Crippen LogP) is 1.98. The van der Waals surface area contributed by atoms with E-state index in [0.29, 0.717) is 13.1 Å². The van der Waals surface area contributed by atoms with E-state index in [2.05, 4.69) is 46.6 Å². The molecule has 2 saturated heterocycles. The van der Waals surface area contributed by atoms with Crippen molar-refractivity contribution in [3.63, 3.8) is 0 Å². The first kappa shape index (κ1) is 31.0. The Morgan fingerprint density at radius 1 is 0.611 bits per heavy atom. The second-order valence-corrected chi connectivity index (χ2v) is 19.8. The molecule has 0 aliphatic carbocycles. The van der Waals surface area contributed by atoms with Gasteiger partial charge in [0, 0.05) is 92.0 Å². The van der Waals surface area contributed by atoms with Crippen LogP contribution in [-0.4, -0.2) is 140 Å². The van der Waals surface area contributed by atoms with E-state index in [4.69, 9.17) is 8.85 Å². The lowest BCUT2D eigenvalue weighted by Gasteiger charge is -2.37. The molecule has 2 aliphatic rings. The zero-order valence-electron chi connectivity index (χ0n) is 23.7. The highest BCUT2D eigenvalue weighted by atomic mass is 28.4. The third kappa shape index (κ3) is 11.5. The number of amides is 4. The first-order chi connectivity index (χ1) is 17.0. The molecule has 36 heavy (non-hydrogen) atoms. The van der Waals surface area contributed by atoms with Gasteiger partial charge in [-0.05, 0) is 39.0 Å². The van der Waals surface area contributed by atoms with E-state index in [1.807, 2.05) is 9.80 Å². The summed E-state index contributed by atoms with van der Waals surface area (Å²) < 4.78 is 11.3. The molecular weight excluding hydrogens is 492 g/mol. The average molecular weight is 545 g/mol. The SMILES string of the molecule is CO[Si](C)(C)CN1CCN(C(=O)NCCCCCCNC(=O)N2CCN(C[Si](C)(C)OC)CC2)CC1. The number of carbonyl (C=O) groups is 2. The fourth-order valence-corrected chi connectivity index (χ4v) is 7.69. The maximum absolute atomic E-state index is 12.4. The molecule has 2 fully saturated rings. The van der Waals surface area contributed by atoms with E-state index in [-0.39, 0.29) is 12.1 Å². The number of piperazine rings is 2. The number of nitrogens with zero attached hydrogens (tertiary/aromatic N) is 4. The molecule has 0 radical (unpaired) electrons. The summed E-state index contributed by atoms with van der Waals surface area (Å²) in [5.41, 5.74) is 0. The van der Waals surface area contributed by atoms with E-state index in [0.717, 1.165) is 90.4 Å². The Hall–Kier alpha value is -1.19. The number of hydrogen-bond donors (Lipinski definition) is 2. The molecule has 0 atom stereocenters. The molecule has 10 nitrogen and oxygen atoms in total. The van der Waals surface area contributed by atoms with Crippen LogP contribution in [0, 0.1) is 0 Å². The molecule has 0 aromatic rings. The number of rotatable bonds is 13. The Labute approximate surface area is 221 Å². The Bertz CT molecular complexity index is 613. The Kier molecular flexibility index (Phi) is 13.2. The molecule has 0 aromatic carbocycles. The summed E-state index contributed by atoms with van der Waals surface area (Å²) in [5.74, 6) is 0. The lowest BCUT2D eigenvalue weighted by atomic mass is 10.2. The lowest BCUT2D eigenvalue weighted by Crippen LogP contribution is -2.55. The minimum Gasteiger partial charge on any atom is -0.419 e. The zero-order chi connectivity index (χ0) is 26.6.